The quantitative estimate of drug-likeness (QED) is 0.901. The highest BCUT2D eigenvalue weighted by Crippen LogP contribution is 2.37. The van der Waals surface area contributed by atoms with Crippen LogP contribution in [0.1, 0.15) is 26.2 Å². The van der Waals surface area contributed by atoms with Crippen LogP contribution in [0, 0.1) is 11.8 Å². The smallest absolute Gasteiger partial charge is 0.147 e. The van der Waals surface area contributed by atoms with Crippen molar-refractivity contribution in [1.82, 2.24) is 9.36 Å². The Morgan fingerprint density at radius 3 is 3.05 bits per heavy atom. The average Bonchev–Trinajstić information content (AvgIpc) is 3.03. The summed E-state index contributed by atoms with van der Waals surface area (Å²) in [6.45, 7) is 3.36. The van der Waals surface area contributed by atoms with Crippen LogP contribution in [0.4, 0.5) is 10.8 Å². The fourth-order valence-electron chi connectivity index (χ4n) is 2.96. The fraction of sp³-hybridized carbons (Fsp3) is 0.467. The summed E-state index contributed by atoms with van der Waals surface area (Å²) in [5, 5.41) is 4.62. The monoisotopic (exact) mass is 288 g/mol. The maximum absolute atomic E-state index is 6.02. The van der Waals surface area contributed by atoms with E-state index in [9.17, 15) is 0 Å². The van der Waals surface area contributed by atoms with Crippen molar-refractivity contribution in [2.75, 3.05) is 17.6 Å². The van der Waals surface area contributed by atoms with E-state index in [4.69, 9.17) is 5.73 Å². The first-order chi connectivity index (χ1) is 9.75. The fourth-order valence-corrected chi connectivity index (χ4v) is 3.70. The number of nitrogen functional groups attached to an aromatic ring is 1. The molecular formula is C15H20N4S. The Balaban J connectivity index is 1.77. The molecule has 2 aromatic rings. The molecule has 3 N–H and O–H groups in total. The van der Waals surface area contributed by atoms with E-state index in [2.05, 4.69) is 21.6 Å². The Bertz CT molecular complexity index is 567. The van der Waals surface area contributed by atoms with Gasteiger partial charge in [-0.1, -0.05) is 25.8 Å². The molecule has 1 aliphatic rings. The summed E-state index contributed by atoms with van der Waals surface area (Å²) >= 11 is 1.44. The number of hydrogen-bond acceptors (Lipinski definition) is 5. The van der Waals surface area contributed by atoms with Gasteiger partial charge in [-0.05, 0) is 35.9 Å². The van der Waals surface area contributed by atoms with Crippen LogP contribution < -0.4 is 11.1 Å². The summed E-state index contributed by atoms with van der Waals surface area (Å²) in [7, 11) is 0. The standard InChI is InChI=1S/C15H20N4S/c1-10-4-2-5-11(10)9-18-15-13(14(16)19-20-15)12-6-3-7-17-8-12/h3,6-8,10-11,18H,2,4-5,9H2,1H3,(H2,16,19). The van der Waals surface area contributed by atoms with Crippen molar-refractivity contribution in [2.45, 2.75) is 26.2 Å². The maximum Gasteiger partial charge on any atom is 0.147 e. The van der Waals surface area contributed by atoms with Gasteiger partial charge in [0.2, 0.25) is 0 Å². The number of pyridine rings is 1. The van der Waals surface area contributed by atoms with Crippen LogP contribution in [-0.2, 0) is 0 Å². The predicted octanol–water partition coefficient (Wildman–Crippen LogP) is 3.64. The normalized spacial score (nSPS) is 22.1. The van der Waals surface area contributed by atoms with Crippen molar-refractivity contribution < 1.29 is 0 Å². The molecule has 0 aromatic carbocycles. The number of anilines is 2. The molecule has 0 saturated heterocycles. The Morgan fingerprint density at radius 2 is 2.35 bits per heavy atom. The molecule has 5 heteroatoms. The lowest BCUT2D eigenvalue weighted by molar-refractivity contribution is 0.440. The highest BCUT2D eigenvalue weighted by atomic mass is 32.1. The molecule has 20 heavy (non-hydrogen) atoms. The summed E-state index contributed by atoms with van der Waals surface area (Å²) in [4.78, 5) is 4.17. The minimum absolute atomic E-state index is 0.588. The second kappa shape index (κ2) is 5.79. The zero-order valence-corrected chi connectivity index (χ0v) is 12.5. The van der Waals surface area contributed by atoms with Crippen molar-refractivity contribution in [3.8, 4) is 11.1 Å². The molecule has 106 valence electrons. The second-order valence-electron chi connectivity index (χ2n) is 5.56. The molecule has 2 aromatic heterocycles. The molecule has 2 heterocycles. The van der Waals surface area contributed by atoms with Crippen molar-refractivity contribution in [3.05, 3.63) is 24.5 Å². The third-order valence-corrected chi connectivity index (χ3v) is 5.05. The van der Waals surface area contributed by atoms with E-state index in [0.29, 0.717) is 5.82 Å². The SMILES string of the molecule is CC1CCCC1CNc1snc(N)c1-c1cccnc1. The molecule has 1 saturated carbocycles. The summed E-state index contributed by atoms with van der Waals surface area (Å²) < 4.78 is 4.29. The molecule has 1 aliphatic carbocycles. The number of aromatic nitrogens is 2. The second-order valence-corrected chi connectivity index (χ2v) is 6.34. The van der Waals surface area contributed by atoms with E-state index in [1.165, 1.54) is 30.8 Å². The Kier molecular flexibility index (Phi) is 3.87. The number of nitrogens with zero attached hydrogens (tertiary/aromatic N) is 2. The van der Waals surface area contributed by atoms with Crippen LogP contribution in [0.2, 0.25) is 0 Å². The van der Waals surface area contributed by atoms with Crippen molar-refractivity contribution in [1.29, 1.82) is 0 Å². The molecule has 0 aliphatic heterocycles. The van der Waals surface area contributed by atoms with Crippen LogP contribution in [0.25, 0.3) is 11.1 Å². The van der Waals surface area contributed by atoms with Gasteiger partial charge in [0.1, 0.15) is 10.8 Å². The first-order valence-corrected chi connectivity index (χ1v) is 7.92. The Morgan fingerprint density at radius 1 is 1.45 bits per heavy atom. The molecule has 0 bridgehead atoms. The van der Waals surface area contributed by atoms with Crippen LogP contribution in [0.5, 0.6) is 0 Å². The molecule has 4 nitrogen and oxygen atoms in total. The van der Waals surface area contributed by atoms with E-state index in [-0.39, 0.29) is 0 Å². The lowest BCUT2D eigenvalue weighted by Crippen LogP contribution is -2.16. The van der Waals surface area contributed by atoms with E-state index >= 15 is 0 Å². The van der Waals surface area contributed by atoms with Gasteiger partial charge in [0, 0.05) is 24.5 Å². The molecule has 2 atom stereocenters. The molecule has 0 amide bonds. The van der Waals surface area contributed by atoms with Gasteiger partial charge < -0.3 is 11.1 Å². The topological polar surface area (TPSA) is 63.8 Å². The minimum atomic E-state index is 0.588. The summed E-state index contributed by atoms with van der Waals surface area (Å²) in [6.07, 6.45) is 7.64. The van der Waals surface area contributed by atoms with Crippen molar-refractivity contribution >= 4 is 22.4 Å². The summed E-state index contributed by atoms with van der Waals surface area (Å²) in [5.74, 6) is 2.17. The zero-order valence-electron chi connectivity index (χ0n) is 11.7. The van der Waals surface area contributed by atoms with Crippen LogP contribution in [0.3, 0.4) is 0 Å². The van der Waals surface area contributed by atoms with Gasteiger partial charge in [0.25, 0.3) is 0 Å². The van der Waals surface area contributed by atoms with Crippen LogP contribution in [0.15, 0.2) is 24.5 Å². The van der Waals surface area contributed by atoms with Gasteiger partial charge in [0.05, 0.1) is 5.56 Å². The van der Waals surface area contributed by atoms with Gasteiger partial charge in [0.15, 0.2) is 0 Å². The largest absolute Gasteiger partial charge is 0.382 e. The van der Waals surface area contributed by atoms with E-state index in [0.717, 1.165) is 34.5 Å². The van der Waals surface area contributed by atoms with Crippen molar-refractivity contribution in [3.63, 3.8) is 0 Å². The molecule has 2 unspecified atom stereocenters. The average molecular weight is 288 g/mol. The van der Waals surface area contributed by atoms with E-state index in [1.807, 2.05) is 18.3 Å². The van der Waals surface area contributed by atoms with Gasteiger partial charge >= 0.3 is 0 Å². The summed E-state index contributed by atoms with van der Waals surface area (Å²) in [5.41, 5.74) is 8.04. The molecule has 3 rings (SSSR count). The minimum Gasteiger partial charge on any atom is -0.382 e. The molecule has 1 fully saturated rings. The highest BCUT2D eigenvalue weighted by molar-refractivity contribution is 7.11. The Labute approximate surface area is 123 Å². The third kappa shape index (κ3) is 2.63. The van der Waals surface area contributed by atoms with Crippen LogP contribution >= 0.6 is 11.5 Å². The number of hydrogen-bond donors (Lipinski definition) is 2. The molecule has 0 radical (unpaired) electrons. The maximum atomic E-state index is 6.02. The number of nitrogens with one attached hydrogen (secondary N) is 1. The third-order valence-electron chi connectivity index (χ3n) is 4.23. The highest BCUT2D eigenvalue weighted by Gasteiger charge is 2.24. The van der Waals surface area contributed by atoms with Gasteiger partial charge in [-0.25, -0.2) is 0 Å². The summed E-state index contributed by atoms with van der Waals surface area (Å²) in [6, 6.07) is 3.95. The van der Waals surface area contributed by atoms with Crippen molar-refractivity contribution in [2.24, 2.45) is 11.8 Å². The number of nitrogens with two attached hydrogens (primary N) is 1. The lowest BCUT2D eigenvalue weighted by atomic mass is 9.98. The number of rotatable bonds is 4. The van der Waals surface area contributed by atoms with E-state index in [1.54, 1.807) is 6.20 Å². The predicted molar refractivity (Wildman–Crippen MR) is 84.8 cm³/mol. The lowest BCUT2D eigenvalue weighted by Gasteiger charge is -2.16. The first-order valence-electron chi connectivity index (χ1n) is 7.15. The zero-order chi connectivity index (χ0) is 13.9. The van der Waals surface area contributed by atoms with Gasteiger partial charge in [-0.2, -0.15) is 4.37 Å². The Hall–Kier alpha value is -1.62. The molecule has 0 spiro atoms. The molecular weight excluding hydrogens is 268 g/mol. The van der Waals surface area contributed by atoms with Gasteiger partial charge in [-0.3, -0.25) is 4.98 Å². The van der Waals surface area contributed by atoms with Crippen LogP contribution in [-0.4, -0.2) is 15.9 Å². The van der Waals surface area contributed by atoms with Gasteiger partial charge in [-0.15, -0.1) is 0 Å². The first kappa shape index (κ1) is 13.4. The van der Waals surface area contributed by atoms with E-state index < -0.39 is 0 Å².